The molecule has 0 saturated heterocycles. The summed E-state index contributed by atoms with van der Waals surface area (Å²) in [5, 5.41) is 0. The second kappa shape index (κ2) is 4.62. The van der Waals surface area contributed by atoms with Crippen LogP contribution in [0.15, 0.2) is 22.7 Å². The molecule has 1 aromatic carbocycles. The van der Waals surface area contributed by atoms with Gasteiger partial charge in [-0.3, -0.25) is 0 Å². The molecular formula is C12H15BrFN. The topological polar surface area (TPSA) is 26.0 Å². The molecule has 1 saturated carbocycles. The van der Waals surface area contributed by atoms with Gasteiger partial charge in [-0.1, -0.05) is 15.9 Å². The number of rotatable bonds is 3. The molecule has 2 rings (SSSR count). The lowest BCUT2D eigenvalue weighted by molar-refractivity contribution is 0.183. The molecule has 0 aliphatic heterocycles. The fourth-order valence-electron chi connectivity index (χ4n) is 2.20. The van der Waals surface area contributed by atoms with Crippen molar-refractivity contribution in [1.82, 2.24) is 0 Å². The van der Waals surface area contributed by atoms with Crippen LogP contribution in [0.3, 0.4) is 0 Å². The third-order valence-electron chi connectivity index (χ3n) is 3.37. The molecule has 1 aliphatic carbocycles. The number of nitrogens with two attached hydrogens (primary N) is 1. The highest BCUT2D eigenvalue weighted by atomic mass is 79.9. The molecule has 2 atom stereocenters. The minimum absolute atomic E-state index is 0.156. The van der Waals surface area contributed by atoms with E-state index in [1.165, 1.54) is 18.9 Å². The lowest BCUT2D eigenvalue weighted by Crippen LogP contribution is -2.33. The molecule has 1 aliphatic rings. The summed E-state index contributed by atoms with van der Waals surface area (Å²) >= 11 is 3.46. The van der Waals surface area contributed by atoms with E-state index >= 15 is 0 Å². The first-order valence-corrected chi connectivity index (χ1v) is 6.14. The predicted molar refractivity (Wildman–Crippen MR) is 63.1 cm³/mol. The van der Waals surface area contributed by atoms with Crippen LogP contribution in [0, 0.1) is 17.7 Å². The van der Waals surface area contributed by atoms with Gasteiger partial charge in [-0.15, -0.1) is 0 Å². The molecule has 0 heterocycles. The zero-order valence-electron chi connectivity index (χ0n) is 8.55. The van der Waals surface area contributed by atoms with Gasteiger partial charge in [0.25, 0.3) is 0 Å². The van der Waals surface area contributed by atoms with Crippen LogP contribution >= 0.6 is 15.9 Å². The maximum Gasteiger partial charge on any atom is 0.123 e. The van der Waals surface area contributed by atoms with E-state index in [0.717, 1.165) is 23.0 Å². The number of benzene rings is 1. The Balaban J connectivity index is 2.07. The molecule has 15 heavy (non-hydrogen) atoms. The first kappa shape index (κ1) is 11.1. The minimum Gasteiger partial charge on any atom is -0.330 e. The van der Waals surface area contributed by atoms with Crippen LogP contribution < -0.4 is 5.73 Å². The highest BCUT2D eigenvalue weighted by molar-refractivity contribution is 9.10. The molecule has 0 spiro atoms. The molecule has 1 aromatic rings. The van der Waals surface area contributed by atoms with Gasteiger partial charge in [-0.25, -0.2) is 4.39 Å². The van der Waals surface area contributed by atoms with Gasteiger partial charge in [0.15, 0.2) is 0 Å². The van der Waals surface area contributed by atoms with E-state index < -0.39 is 0 Å². The van der Waals surface area contributed by atoms with Crippen LogP contribution in [-0.2, 0) is 6.42 Å². The third-order valence-corrected chi connectivity index (χ3v) is 4.14. The summed E-state index contributed by atoms with van der Waals surface area (Å²) in [6, 6.07) is 4.88. The second-order valence-corrected chi connectivity index (χ2v) is 5.13. The van der Waals surface area contributed by atoms with Crippen LogP contribution in [0.4, 0.5) is 4.39 Å². The average molecular weight is 272 g/mol. The number of halogens is 2. The summed E-state index contributed by atoms with van der Waals surface area (Å²) in [4.78, 5) is 0. The molecule has 2 unspecified atom stereocenters. The van der Waals surface area contributed by atoms with Crippen LogP contribution in [-0.4, -0.2) is 6.54 Å². The van der Waals surface area contributed by atoms with E-state index in [2.05, 4.69) is 15.9 Å². The van der Waals surface area contributed by atoms with Crippen molar-refractivity contribution in [1.29, 1.82) is 0 Å². The van der Waals surface area contributed by atoms with Gasteiger partial charge in [0.1, 0.15) is 5.82 Å². The molecule has 1 fully saturated rings. The van der Waals surface area contributed by atoms with Crippen molar-refractivity contribution in [3.63, 3.8) is 0 Å². The SMILES string of the molecule is NCC1CCC1Cc1cc(F)ccc1Br. The Bertz CT molecular complexity index is 351. The monoisotopic (exact) mass is 271 g/mol. The highest BCUT2D eigenvalue weighted by Crippen LogP contribution is 2.37. The first-order valence-electron chi connectivity index (χ1n) is 5.34. The van der Waals surface area contributed by atoms with E-state index in [1.807, 2.05) is 0 Å². The summed E-state index contributed by atoms with van der Waals surface area (Å²) in [5.74, 6) is 1.13. The quantitative estimate of drug-likeness (QED) is 0.898. The lowest BCUT2D eigenvalue weighted by atomic mass is 9.71. The van der Waals surface area contributed by atoms with Crippen molar-refractivity contribution in [3.8, 4) is 0 Å². The first-order chi connectivity index (χ1) is 7.20. The normalized spacial score (nSPS) is 25.0. The molecule has 3 heteroatoms. The van der Waals surface area contributed by atoms with Crippen LogP contribution in [0.5, 0.6) is 0 Å². The average Bonchev–Trinajstić information content (AvgIpc) is 2.18. The fraction of sp³-hybridized carbons (Fsp3) is 0.500. The van der Waals surface area contributed by atoms with Crippen molar-refractivity contribution in [3.05, 3.63) is 34.1 Å². The maximum absolute atomic E-state index is 13.1. The zero-order valence-corrected chi connectivity index (χ0v) is 10.1. The van der Waals surface area contributed by atoms with Gasteiger partial charge < -0.3 is 5.73 Å². The molecule has 2 N–H and O–H groups in total. The largest absolute Gasteiger partial charge is 0.330 e. The molecular weight excluding hydrogens is 257 g/mol. The van der Waals surface area contributed by atoms with Crippen LogP contribution in [0.25, 0.3) is 0 Å². The smallest absolute Gasteiger partial charge is 0.123 e. The van der Waals surface area contributed by atoms with Crippen molar-refractivity contribution < 1.29 is 4.39 Å². The Kier molecular flexibility index (Phi) is 3.42. The Hall–Kier alpha value is -0.410. The van der Waals surface area contributed by atoms with E-state index in [1.54, 1.807) is 12.1 Å². The van der Waals surface area contributed by atoms with Gasteiger partial charge in [0.2, 0.25) is 0 Å². The summed E-state index contributed by atoms with van der Waals surface area (Å²) < 4.78 is 14.1. The second-order valence-electron chi connectivity index (χ2n) is 4.27. The summed E-state index contributed by atoms with van der Waals surface area (Å²) in [6.45, 7) is 0.762. The Morgan fingerprint density at radius 2 is 2.07 bits per heavy atom. The summed E-state index contributed by atoms with van der Waals surface area (Å²) in [6.07, 6.45) is 3.40. The number of hydrogen-bond acceptors (Lipinski definition) is 1. The van der Waals surface area contributed by atoms with Gasteiger partial charge in [0, 0.05) is 4.47 Å². The highest BCUT2D eigenvalue weighted by Gasteiger charge is 2.29. The van der Waals surface area contributed by atoms with E-state index in [4.69, 9.17) is 5.73 Å². The summed E-state index contributed by atoms with van der Waals surface area (Å²) in [5.41, 5.74) is 6.73. The molecule has 0 radical (unpaired) electrons. The van der Waals surface area contributed by atoms with E-state index in [0.29, 0.717) is 11.8 Å². The molecule has 82 valence electrons. The summed E-state index contributed by atoms with van der Waals surface area (Å²) in [7, 11) is 0. The fourth-order valence-corrected chi connectivity index (χ4v) is 2.61. The van der Waals surface area contributed by atoms with Gasteiger partial charge >= 0.3 is 0 Å². The zero-order chi connectivity index (χ0) is 10.8. The van der Waals surface area contributed by atoms with E-state index in [-0.39, 0.29) is 5.82 Å². The molecule has 0 aromatic heterocycles. The Morgan fingerprint density at radius 1 is 1.33 bits per heavy atom. The third kappa shape index (κ3) is 2.40. The molecule has 0 bridgehead atoms. The van der Waals surface area contributed by atoms with Crippen LogP contribution in [0.1, 0.15) is 18.4 Å². The predicted octanol–water partition coefficient (Wildman–Crippen LogP) is 3.12. The molecule has 1 nitrogen and oxygen atoms in total. The molecule has 0 amide bonds. The van der Waals surface area contributed by atoms with Crippen molar-refractivity contribution in [2.75, 3.05) is 6.54 Å². The van der Waals surface area contributed by atoms with Crippen molar-refractivity contribution in [2.45, 2.75) is 19.3 Å². The van der Waals surface area contributed by atoms with Crippen molar-refractivity contribution >= 4 is 15.9 Å². The minimum atomic E-state index is -0.156. The Labute approximate surface area is 98.0 Å². The Morgan fingerprint density at radius 3 is 2.67 bits per heavy atom. The van der Waals surface area contributed by atoms with Gasteiger partial charge in [-0.2, -0.15) is 0 Å². The lowest BCUT2D eigenvalue weighted by Gasteiger charge is -2.36. The van der Waals surface area contributed by atoms with Crippen LogP contribution in [0.2, 0.25) is 0 Å². The van der Waals surface area contributed by atoms with Crippen molar-refractivity contribution in [2.24, 2.45) is 17.6 Å². The van der Waals surface area contributed by atoms with E-state index in [9.17, 15) is 4.39 Å². The maximum atomic E-state index is 13.1. The van der Waals surface area contributed by atoms with Gasteiger partial charge in [-0.05, 0) is 61.4 Å². The van der Waals surface area contributed by atoms with Gasteiger partial charge in [0.05, 0.1) is 0 Å². The standard InChI is InChI=1S/C12H15BrFN/c13-12-4-3-11(14)6-10(12)5-8-1-2-9(8)7-15/h3-4,6,8-9H,1-2,5,7,15H2. The number of hydrogen-bond donors (Lipinski definition) is 1.